The van der Waals surface area contributed by atoms with Crippen molar-refractivity contribution >= 4 is 13.8 Å². The first-order chi connectivity index (χ1) is 25.4. The highest BCUT2D eigenvalue weighted by molar-refractivity contribution is 7.47. The molecule has 0 aliphatic carbocycles. The molecule has 2 atom stereocenters. The SMILES string of the molecule is CCCCCCCCC=CCCCCCCC=COCC(COP(=O)(O)OCCN)OC(=O)CCCCCCCCCCCCCCCCCCC. The maximum Gasteiger partial charge on any atom is 0.472 e. The lowest BCUT2D eigenvalue weighted by molar-refractivity contribution is -0.153. The van der Waals surface area contributed by atoms with Crippen molar-refractivity contribution in [2.24, 2.45) is 5.73 Å². The monoisotopic (exact) mass is 758 g/mol. The quantitative estimate of drug-likeness (QED) is 0.0208. The molecule has 0 aromatic rings. The summed E-state index contributed by atoms with van der Waals surface area (Å²) >= 11 is 0. The van der Waals surface area contributed by atoms with Crippen molar-refractivity contribution in [3.8, 4) is 0 Å². The van der Waals surface area contributed by atoms with E-state index in [0.29, 0.717) is 6.42 Å². The first-order valence-corrected chi connectivity index (χ1v) is 23.4. The van der Waals surface area contributed by atoms with E-state index in [9.17, 15) is 14.3 Å². The minimum atomic E-state index is -4.29. The average molecular weight is 758 g/mol. The highest BCUT2D eigenvalue weighted by Crippen LogP contribution is 2.43. The third-order valence-corrected chi connectivity index (χ3v) is 10.4. The molecular formula is C43H84NO7P. The fourth-order valence-electron chi connectivity index (χ4n) is 6.19. The Labute approximate surface area is 321 Å². The van der Waals surface area contributed by atoms with Gasteiger partial charge in [-0.15, -0.1) is 0 Å². The summed E-state index contributed by atoms with van der Waals surface area (Å²) in [5, 5.41) is 0. The van der Waals surface area contributed by atoms with E-state index in [-0.39, 0.29) is 32.3 Å². The van der Waals surface area contributed by atoms with Crippen molar-refractivity contribution in [1.82, 2.24) is 0 Å². The lowest BCUT2D eigenvalue weighted by atomic mass is 10.0. The van der Waals surface area contributed by atoms with Gasteiger partial charge in [0.15, 0.2) is 6.10 Å². The highest BCUT2D eigenvalue weighted by atomic mass is 31.2. The van der Waals surface area contributed by atoms with Crippen LogP contribution in [0, 0.1) is 0 Å². The zero-order valence-electron chi connectivity index (χ0n) is 34.1. The number of esters is 1. The lowest BCUT2D eigenvalue weighted by Crippen LogP contribution is -2.27. The molecule has 0 fully saturated rings. The van der Waals surface area contributed by atoms with Crippen molar-refractivity contribution in [3.05, 3.63) is 24.5 Å². The molecule has 0 aliphatic rings. The van der Waals surface area contributed by atoms with Crippen LogP contribution < -0.4 is 5.73 Å². The second-order valence-corrected chi connectivity index (χ2v) is 16.1. The molecule has 0 amide bonds. The lowest BCUT2D eigenvalue weighted by Gasteiger charge is -2.19. The summed E-state index contributed by atoms with van der Waals surface area (Å²) < 4.78 is 33.2. The van der Waals surface area contributed by atoms with Gasteiger partial charge in [0.05, 0.1) is 19.5 Å². The number of unbranched alkanes of at least 4 members (excludes halogenated alkanes) is 27. The number of hydrogen-bond acceptors (Lipinski definition) is 7. The topological polar surface area (TPSA) is 117 Å². The third kappa shape index (κ3) is 40.0. The summed E-state index contributed by atoms with van der Waals surface area (Å²) in [5.74, 6) is -0.352. The summed E-state index contributed by atoms with van der Waals surface area (Å²) in [5.41, 5.74) is 5.36. The number of phosphoric acid groups is 1. The summed E-state index contributed by atoms with van der Waals surface area (Å²) in [6, 6.07) is 0. The minimum absolute atomic E-state index is 0.0310. The first kappa shape index (κ1) is 50.8. The maximum atomic E-state index is 12.6. The molecule has 3 N–H and O–H groups in total. The number of ether oxygens (including phenoxy) is 2. The largest absolute Gasteiger partial charge is 0.498 e. The molecule has 0 bridgehead atoms. The number of carbonyl (C=O) groups is 1. The van der Waals surface area contributed by atoms with Crippen LogP contribution in [0.3, 0.4) is 0 Å². The zero-order chi connectivity index (χ0) is 38.1. The van der Waals surface area contributed by atoms with Crippen LogP contribution in [0.5, 0.6) is 0 Å². The van der Waals surface area contributed by atoms with Gasteiger partial charge in [-0.05, 0) is 51.0 Å². The Bertz CT molecular complexity index is 853. The van der Waals surface area contributed by atoms with Crippen molar-refractivity contribution in [3.63, 3.8) is 0 Å². The van der Waals surface area contributed by atoms with Crippen LogP contribution in [-0.2, 0) is 27.9 Å². The molecule has 0 spiro atoms. The van der Waals surface area contributed by atoms with E-state index in [1.54, 1.807) is 6.26 Å². The van der Waals surface area contributed by atoms with Crippen LogP contribution in [0.2, 0.25) is 0 Å². The van der Waals surface area contributed by atoms with E-state index in [4.69, 9.17) is 24.3 Å². The van der Waals surface area contributed by atoms with Gasteiger partial charge in [-0.2, -0.15) is 0 Å². The molecule has 0 aliphatic heterocycles. The van der Waals surface area contributed by atoms with E-state index >= 15 is 0 Å². The van der Waals surface area contributed by atoms with Gasteiger partial charge in [0, 0.05) is 13.0 Å². The first-order valence-electron chi connectivity index (χ1n) is 21.9. The number of allylic oxidation sites excluding steroid dienone is 3. The van der Waals surface area contributed by atoms with Gasteiger partial charge >= 0.3 is 13.8 Å². The standard InChI is InChI=1S/C43H84NO7P/c1-3-5-7-9-11-13-15-17-19-21-22-24-26-28-30-32-34-36-43(45)51-42(41-50-52(46,47)49-39-37-44)40-48-38-35-33-31-29-27-25-23-20-18-16-14-12-10-8-6-4-2/h18,20,35,38,42H,3-17,19,21-34,36-37,39-41,44H2,1-2H3,(H,46,47). The number of rotatable bonds is 42. The van der Waals surface area contributed by atoms with Crippen molar-refractivity contribution in [2.45, 2.75) is 219 Å². The summed E-state index contributed by atoms with van der Waals surface area (Å²) in [4.78, 5) is 22.4. The smallest absolute Gasteiger partial charge is 0.472 e. The van der Waals surface area contributed by atoms with Crippen LogP contribution in [0.1, 0.15) is 213 Å². The molecule has 0 aromatic carbocycles. The zero-order valence-corrected chi connectivity index (χ0v) is 35.0. The van der Waals surface area contributed by atoms with Crippen LogP contribution in [-0.4, -0.2) is 43.3 Å². The molecule has 52 heavy (non-hydrogen) atoms. The Hall–Kier alpha value is -1.18. The predicted molar refractivity (Wildman–Crippen MR) is 219 cm³/mol. The fraction of sp³-hybridized carbons (Fsp3) is 0.884. The van der Waals surface area contributed by atoms with Crippen molar-refractivity contribution < 1.29 is 32.8 Å². The van der Waals surface area contributed by atoms with Crippen molar-refractivity contribution in [1.29, 1.82) is 0 Å². The number of nitrogens with two attached hydrogens (primary N) is 1. The Balaban J connectivity index is 4.06. The van der Waals surface area contributed by atoms with Gasteiger partial charge in [0.1, 0.15) is 6.61 Å². The number of hydrogen-bond donors (Lipinski definition) is 2. The molecule has 0 radical (unpaired) electrons. The second kappa shape index (κ2) is 41.0. The molecule has 0 saturated carbocycles. The fourth-order valence-corrected chi connectivity index (χ4v) is 6.96. The van der Waals surface area contributed by atoms with Crippen LogP contribution in [0.25, 0.3) is 0 Å². The van der Waals surface area contributed by atoms with Crippen LogP contribution in [0.15, 0.2) is 24.5 Å². The Morgan fingerprint density at radius 3 is 1.42 bits per heavy atom. The van der Waals surface area contributed by atoms with E-state index in [1.807, 2.05) is 6.08 Å². The molecule has 0 rings (SSSR count). The van der Waals surface area contributed by atoms with Gasteiger partial charge in [-0.1, -0.05) is 174 Å². The molecule has 9 heteroatoms. The minimum Gasteiger partial charge on any atom is -0.498 e. The third-order valence-electron chi connectivity index (χ3n) is 9.44. The number of carbonyl (C=O) groups excluding carboxylic acids is 1. The van der Waals surface area contributed by atoms with E-state index in [2.05, 4.69) is 26.0 Å². The molecule has 308 valence electrons. The highest BCUT2D eigenvalue weighted by Gasteiger charge is 2.25. The molecular weight excluding hydrogens is 673 g/mol. The summed E-state index contributed by atoms with van der Waals surface area (Å²) in [7, 11) is -4.29. The van der Waals surface area contributed by atoms with Gasteiger partial charge in [-0.3, -0.25) is 13.8 Å². The van der Waals surface area contributed by atoms with Gasteiger partial charge in [-0.25, -0.2) is 4.57 Å². The summed E-state index contributed by atoms with van der Waals surface area (Å²) in [6.45, 7) is 4.25. The van der Waals surface area contributed by atoms with Crippen LogP contribution >= 0.6 is 7.82 Å². The Kier molecular flexibility index (Phi) is 40.1. The van der Waals surface area contributed by atoms with Gasteiger partial charge < -0.3 is 20.1 Å². The van der Waals surface area contributed by atoms with Gasteiger partial charge in [0.25, 0.3) is 0 Å². The van der Waals surface area contributed by atoms with E-state index in [0.717, 1.165) is 38.5 Å². The van der Waals surface area contributed by atoms with E-state index < -0.39 is 13.9 Å². The number of phosphoric ester groups is 1. The Morgan fingerprint density at radius 2 is 0.981 bits per heavy atom. The molecule has 0 aromatic heterocycles. The molecule has 0 saturated heterocycles. The molecule has 8 nitrogen and oxygen atoms in total. The predicted octanol–water partition coefficient (Wildman–Crippen LogP) is 13.2. The Morgan fingerprint density at radius 1 is 0.577 bits per heavy atom. The van der Waals surface area contributed by atoms with Crippen molar-refractivity contribution in [2.75, 3.05) is 26.4 Å². The summed E-state index contributed by atoms with van der Waals surface area (Å²) in [6.07, 6.45) is 45.7. The maximum absolute atomic E-state index is 12.6. The van der Waals surface area contributed by atoms with Crippen LogP contribution in [0.4, 0.5) is 0 Å². The average Bonchev–Trinajstić information content (AvgIpc) is 3.13. The normalized spacial score (nSPS) is 13.6. The van der Waals surface area contributed by atoms with E-state index in [1.165, 1.54) is 154 Å². The second-order valence-electron chi connectivity index (χ2n) is 14.6. The molecule has 2 unspecified atom stereocenters. The molecule has 0 heterocycles. The van der Waals surface area contributed by atoms with Gasteiger partial charge in [0.2, 0.25) is 0 Å².